The lowest BCUT2D eigenvalue weighted by molar-refractivity contribution is 0.100. The highest BCUT2D eigenvalue weighted by atomic mass is 35.5. The number of hydrogen-bond donors (Lipinski definition) is 0. The van der Waals surface area contributed by atoms with Gasteiger partial charge in [0.2, 0.25) is 5.91 Å². The quantitative estimate of drug-likeness (QED) is 0.386. The molecule has 0 spiro atoms. The maximum Gasteiger partial charge on any atom is 0.249 e. The van der Waals surface area contributed by atoms with E-state index in [0.29, 0.717) is 10.6 Å². The molecule has 4 nitrogen and oxygen atoms in total. The van der Waals surface area contributed by atoms with Crippen LogP contribution in [0.3, 0.4) is 0 Å². The van der Waals surface area contributed by atoms with Crippen LogP contribution in [-0.4, -0.2) is 5.91 Å². The van der Waals surface area contributed by atoms with Crippen molar-refractivity contribution in [1.82, 2.24) is 0 Å². The highest BCUT2D eigenvalue weighted by Crippen LogP contribution is 2.17. The Morgan fingerprint density at radius 2 is 2.31 bits per heavy atom. The van der Waals surface area contributed by atoms with E-state index in [1.54, 1.807) is 12.1 Å². The summed E-state index contributed by atoms with van der Waals surface area (Å²) < 4.78 is 0. The van der Waals surface area contributed by atoms with E-state index in [2.05, 4.69) is 10.0 Å². The van der Waals surface area contributed by atoms with Crippen LogP contribution in [0.15, 0.2) is 23.3 Å². The smallest absolute Gasteiger partial charge is 0.249 e. The van der Waals surface area contributed by atoms with E-state index in [4.69, 9.17) is 17.1 Å². The third-order valence-corrected chi connectivity index (χ3v) is 1.96. The van der Waals surface area contributed by atoms with Gasteiger partial charge in [-0.1, -0.05) is 23.7 Å². The van der Waals surface area contributed by atoms with Gasteiger partial charge in [-0.25, -0.2) is 0 Å². The summed E-state index contributed by atoms with van der Waals surface area (Å²) in [6, 6.07) is 4.74. The average Bonchev–Trinajstić information content (AvgIpc) is 2.10. The molecule has 1 aromatic rings. The molecule has 0 aliphatic rings. The van der Waals surface area contributed by atoms with Crippen molar-refractivity contribution in [2.24, 2.45) is 5.11 Å². The molecule has 0 saturated carbocycles. The molecule has 1 aromatic carbocycles. The van der Waals surface area contributed by atoms with Crippen molar-refractivity contribution in [3.63, 3.8) is 0 Å². The number of nitrogens with zero attached hydrogens (tertiary/aromatic N) is 3. The molecule has 5 heteroatoms. The van der Waals surface area contributed by atoms with E-state index in [1.165, 1.54) is 6.07 Å². The van der Waals surface area contributed by atoms with E-state index in [1.807, 2.05) is 6.92 Å². The number of aryl methyl sites for hydroxylation is 1. The van der Waals surface area contributed by atoms with Crippen molar-refractivity contribution in [2.75, 3.05) is 0 Å². The van der Waals surface area contributed by atoms with Crippen molar-refractivity contribution in [2.45, 2.75) is 6.92 Å². The summed E-state index contributed by atoms with van der Waals surface area (Å²) in [6.45, 7) is 1.82. The normalized spacial score (nSPS) is 9.08. The number of halogens is 1. The molecule has 0 saturated heterocycles. The van der Waals surface area contributed by atoms with Gasteiger partial charge in [-0.3, -0.25) is 4.79 Å². The third kappa shape index (κ3) is 2.21. The molecule has 0 radical (unpaired) electrons. The molecule has 1 rings (SSSR count). The average molecular weight is 196 g/mol. The maximum atomic E-state index is 11.0. The van der Waals surface area contributed by atoms with Crippen molar-refractivity contribution in [1.29, 1.82) is 0 Å². The van der Waals surface area contributed by atoms with Gasteiger partial charge in [0.15, 0.2) is 0 Å². The summed E-state index contributed by atoms with van der Waals surface area (Å²) in [5.41, 5.74) is 9.20. The maximum absolute atomic E-state index is 11.0. The number of hydrogen-bond acceptors (Lipinski definition) is 1. The number of carbonyl (C=O) groups excluding carboxylic acids is 1. The second-order valence-electron chi connectivity index (χ2n) is 2.46. The van der Waals surface area contributed by atoms with Crippen molar-refractivity contribution < 1.29 is 4.79 Å². The minimum Gasteiger partial charge on any atom is -0.287 e. The van der Waals surface area contributed by atoms with Gasteiger partial charge in [-0.05, 0) is 29.2 Å². The van der Waals surface area contributed by atoms with Gasteiger partial charge in [-0.15, -0.1) is 0 Å². The molecule has 13 heavy (non-hydrogen) atoms. The predicted molar refractivity (Wildman–Crippen MR) is 49.7 cm³/mol. The third-order valence-electron chi connectivity index (χ3n) is 1.55. The van der Waals surface area contributed by atoms with Crippen LogP contribution in [0.1, 0.15) is 15.9 Å². The molecule has 0 heterocycles. The van der Waals surface area contributed by atoms with Crippen LogP contribution < -0.4 is 0 Å². The molecule has 66 valence electrons. The van der Waals surface area contributed by atoms with Crippen LogP contribution in [0.25, 0.3) is 10.4 Å². The SMILES string of the molecule is Cc1ccc(C(=O)N=[N+]=[N-])cc1Cl. The van der Waals surface area contributed by atoms with Crippen LogP contribution in [0.4, 0.5) is 0 Å². The first-order valence-electron chi connectivity index (χ1n) is 3.50. The Morgan fingerprint density at radius 3 is 2.85 bits per heavy atom. The minimum absolute atomic E-state index is 0.299. The molecule has 0 atom stereocenters. The lowest BCUT2D eigenvalue weighted by Crippen LogP contribution is -1.93. The number of amides is 1. The molecule has 0 unspecified atom stereocenters. The van der Waals surface area contributed by atoms with Gasteiger partial charge < -0.3 is 0 Å². The Labute approximate surface area is 79.8 Å². The summed E-state index contributed by atoms with van der Waals surface area (Å²) in [6.07, 6.45) is 0. The topological polar surface area (TPSA) is 65.8 Å². The molecule has 0 N–H and O–H groups in total. The highest BCUT2D eigenvalue weighted by Gasteiger charge is 2.04. The first-order chi connectivity index (χ1) is 6.15. The lowest BCUT2D eigenvalue weighted by atomic mass is 10.1. The van der Waals surface area contributed by atoms with E-state index in [-0.39, 0.29) is 0 Å². The molecule has 0 aliphatic heterocycles. The Kier molecular flexibility index (Phi) is 2.90. The lowest BCUT2D eigenvalue weighted by Gasteiger charge is -1.98. The van der Waals surface area contributed by atoms with E-state index < -0.39 is 5.91 Å². The van der Waals surface area contributed by atoms with Gasteiger partial charge in [0.25, 0.3) is 0 Å². The Hall–Kier alpha value is -1.51. The highest BCUT2D eigenvalue weighted by molar-refractivity contribution is 6.31. The fourth-order valence-electron chi connectivity index (χ4n) is 0.824. The fourth-order valence-corrected chi connectivity index (χ4v) is 1.00. The standard InChI is InChI=1S/C8H6ClN3O/c1-5-2-3-6(4-7(5)9)8(13)11-12-10/h2-4H,1H3. The van der Waals surface area contributed by atoms with Crippen molar-refractivity contribution in [3.05, 3.63) is 44.8 Å². The number of azide groups is 1. The molecule has 0 aliphatic carbocycles. The molecule has 1 amide bonds. The van der Waals surface area contributed by atoms with Crippen LogP contribution in [-0.2, 0) is 0 Å². The van der Waals surface area contributed by atoms with Crippen LogP contribution in [0.5, 0.6) is 0 Å². The Morgan fingerprint density at radius 1 is 1.62 bits per heavy atom. The predicted octanol–water partition coefficient (Wildman–Crippen LogP) is 3.10. The fraction of sp³-hybridized carbons (Fsp3) is 0.125. The Bertz CT molecular complexity index is 396. The van der Waals surface area contributed by atoms with Gasteiger partial charge in [0.1, 0.15) is 0 Å². The summed E-state index contributed by atoms with van der Waals surface area (Å²) in [7, 11) is 0. The van der Waals surface area contributed by atoms with E-state index >= 15 is 0 Å². The zero-order valence-corrected chi connectivity index (χ0v) is 7.62. The Balaban J connectivity index is 3.10. The van der Waals surface area contributed by atoms with Gasteiger partial charge >= 0.3 is 0 Å². The van der Waals surface area contributed by atoms with Crippen LogP contribution in [0.2, 0.25) is 5.02 Å². The van der Waals surface area contributed by atoms with E-state index in [0.717, 1.165) is 5.56 Å². The largest absolute Gasteiger partial charge is 0.287 e. The van der Waals surface area contributed by atoms with Gasteiger partial charge in [0.05, 0.1) is 0 Å². The molecule has 0 bridgehead atoms. The first-order valence-corrected chi connectivity index (χ1v) is 3.88. The first kappa shape index (κ1) is 9.58. The summed E-state index contributed by atoms with van der Waals surface area (Å²) in [5, 5.41) is 3.43. The summed E-state index contributed by atoms with van der Waals surface area (Å²) in [5.74, 6) is -0.621. The second-order valence-corrected chi connectivity index (χ2v) is 2.87. The second kappa shape index (κ2) is 3.94. The zero-order chi connectivity index (χ0) is 9.84. The number of carbonyl (C=O) groups is 1. The summed E-state index contributed by atoms with van der Waals surface area (Å²) in [4.78, 5) is 13.4. The number of benzene rings is 1. The monoisotopic (exact) mass is 195 g/mol. The molecular formula is C8H6ClN3O. The van der Waals surface area contributed by atoms with Crippen LogP contribution in [0, 0.1) is 6.92 Å². The molecule has 0 aromatic heterocycles. The number of rotatable bonds is 1. The van der Waals surface area contributed by atoms with Crippen LogP contribution >= 0.6 is 11.6 Å². The van der Waals surface area contributed by atoms with Crippen molar-refractivity contribution in [3.8, 4) is 0 Å². The molecular weight excluding hydrogens is 190 g/mol. The molecule has 0 fully saturated rings. The van der Waals surface area contributed by atoms with Gasteiger partial charge in [0, 0.05) is 15.5 Å². The minimum atomic E-state index is -0.621. The van der Waals surface area contributed by atoms with Gasteiger partial charge in [-0.2, -0.15) is 0 Å². The zero-order valence-electron chi connectivity index (χ0n) is 6.86. The summed E-state index contributed by atoms with van der Waals surface area (Å²) >= 11 is 5.77. The van der Waals surface area contributed by atoms with E-state index in [9.17, 15) is 4.79 Å². The van der Waals surface area contributed by atoms with Crippen molar-refractivity contribution >= 4 is 17.5 Å².